The highest BCUT2D eigenvalue weighted by Gasteiger charge is 2.27. The van der Waals surface area contributed by atoms with Crippen LogP contribution >= 0.6 is 22.9 Å². The molecule has 1 amide bonds. The Morgan fingerprint density at radius 2 is 2.39 bits per heavy atom. The monoisotopic (exact) mass is 283 g/mol. The number of aromatic nitrogens is 2. The van der Waals surface area contributed by atoms with Crippen molar-refractivity contribution in [3.63, 3.8) is 0 Å². The smallest absolute Gasteiger partial charge is 0.246 e. The zero-order valence-corrected chi connectivity index (χ0v) is 10.9. The molecule has 1 saturated heterocycles. The van der Waals surface area contributed by atoms with Crippen molar-refractivity contribution in [1.82, 2.24) is 14.3 Å². The molecule has 0 bridgehead atoms. The van der Waals surface area contributed by atoms with Crippen LogP contribution in [-0.2, 0) is 4.79 Å². The third-order valence-corrected chi connectivity index (χ3v) is 3.85. The minimum Gasteiger partial charge on any atom is -0.389 e. The molecule has 0 atom stereocenters. The second-order valence-corrected chi connectivity index (χ2v) is 5.30. The molecule has 7 heteroatoms. The van der Waals surface area contributed by atoms with E-state index in [9.17, 15) is 4.79 Å². The molecule has 2 aromatic rings. The number of rotatable bonds is 2. The fraction of sp³-hybridized carbons (Fsp3) is 0.273. The summed E-state index contributed by atoms with van der Waals surface area (Å²) in [4.78, 5) is 18.3. The van der Waals surface area contributed by atoms with Gasteiger partial charge in [0.2, 0.25) is 5.91 Å². The Bertz CT molecular complexity index is 627. The minimum absolute atomic E-state index is 0.124. The molecular weight excluding hydrogens is 274 g/mol. The maximum Gasteiger partial charge on any atom is 0.246 e. The first kappa shape index (κ1) is 11.7. The van der Waals surface area contributed by atoms with Gasteiger partial charge < -0.3 is 10.0 Å². The molecule has 0 spiro atoms. The van der Waals surface area contributed by atoms with Gasteiger partial charge in [-0.3, -0.25) is 9.20 Å². The second-order valence-electron chi connectivity index (χ2n) is 4.07. The number of hydrogen-bond donors (Lipinski definition) is 1. The molecule has 18 heavy (non-hydrogen) atoms. The van der Waals surface area contributed by atoms with Crippen LogP contribution in [0.4, 0.5) is 0 Å². The van der Waals surface area contributed by atoms with Crippen LogP contribution in [-0.4, -0.2) is 44.5 Å². The van der Waals surface area contributed by atoms with Gasteiger partial charge in [0.25, 0.3) is 0 Å². The lowest BCUT2D eigenvalue weighted by Gasteiger charge is -2.34. The van der Waals surface area contributed by atoms with E-state index in [0.717, 1.165) is 4.96 Å². The van der Waals surface area contributed by atoms with Crippen LogP contribution in [0.3, 0.4) is 0 Å². The molecule has 1 aliphatic rings. The number of thiazole rings is 1. The van der Waals surface area contributed by atoms with Crippen molar-refractivity contribution >= 4 is 39.9 Å². The molecule has 3 rings (SSSR count). The van der Waals surface area contributed by atoms with Crippen molar-refractivity contribution in [2.75, 3.05) is 13.1 Å². The van der Waals surface area contributed by atoms with Crippen LogP contribution in [0.5, 0.6) is 0 Å². The van der Waals surface area contributed by atoms with Crippen LogP contribution < -0.4 is 0 Å². The number of fused-ring (bicyclic) bond motifs is 1. The molecular formula is C11H10ClN3O2S. The summed E-state index contributed by atoms with van der Waals surface area (Å²) < 4.78 is 1.84. The van der Waals surface area contributed by atoms with E-state index in [-0.39, 0.29) is 12.0 Å². The fourth-order valence-corrected chi connectivity index (χ4v) is 2.82. The highest BCUT2D eigenvalue weighted by atomic mass is 35.5. The number of halogens is 1. The zero-order valence-electron chi connectivity index (χ0n) is 9.28. The number of β-amino-alcohol motifs (C(OH)–C–C–N with tert-alkyl or cyclic N) is 1. The summed E-state index contributed by atoms with van der Waals surface area (Å²) >= 11 is 7.49. The number of carbonyl (C=O) groups is 1. The lowest BCUT2D eigenvalue weighted by atomic mass is 10.1. The number of imidazole rings is 1. The van der Waals surface area contributed by atoms with Gasteiger partial charge in [-0.05, 0) is 6.08 Å². The topological polar surface area (TPSA) is 57.8 Å². The van der Waals surface area contributed by atoms with E-state index in [1.807, 2.05) is 16.0 Å². The van der Waals surface area contributed by atoms with Crippen molar-refractivity contribution in [1.29, 1.82) is 0 Å². The largest absolute Gasteiger partial charge is 0.389 e. The lowest BCUT2D eigenvalue weighted by molar-refractivity contribution is -0.135. The molecule has 94 valence electrons. The molecule has 0 saturated carbocycles. The van der Waals surface area contributed by atoms with E-state index in [1.165, 1.54) is 17.4 Å². The van der Waals surface area contributed by atoms with Gasteiger partial charge in [-0.15, -0.1) is 11.3 Å². The van der Waals surface area contributed by atoms with Crippen molar-refractivity contribution in [3.05, 3.63) is 28.5 Å². The summed E-state index contributed by atoms with van der Waals surface area (Å²) in [7, 11) is 0. The van der Waals surface area contributed by atoms with Crippen LogP contribution in [0.15, 0.2) is 17.7 Å². The number of hydrogen-bond acceptors (Lipinski definition) is 4. The van der Waals surface area contributed by atoms with E-state index >= 15 is 0 Å². The molecule has 5 nitrogen and oxygen atoms in total. The van der Waals surface area contributed by atoms with Crippen molar-refractivity contribution in [3.8, 4) is 0 Å². The van der Waals surface area contributed by atoms with Crippen LogP contribution in [0.1, 0.15) is 5.69 Å². The third kappa shape index (κ3) is 1.92. The average molecular weight is 284 g/mol. The summed E-state index contributed by atoms with van der Waals surface area (Å²) in [6.07, 6.45) is 4.58. The minimum atomic E-state index is -0.385. The quantitative estimate of drug-likeness (QED) is 0.845. The van der Waals surface area contributed by atoms with Gasteiger partial charge in [0.1, 0.15) is 0 Å². The van der Waals surface area contributed by atoms with E-state index < -0.39 is 0 Å². The van der Waals surface area contributed by atoms with Gasteiger partial charge in [0.15, 0.2) is 10.1 Å². The van der Waals surface area contributed by atoms with E-state index in [0.29, 0.717) is 23.9 Å². The van der Waals surface area contributed by atoms with Gasteiger partial charge in [-0.2, -0.15) is 0 Å². The highest BCUT2D eigenvalue weighted by molar-refractivity contribution is 7.15. The Labute approximate surface area is 112 Å². The summed E-state index contributed by atoms with van der Waals surface area (Å²) in [6, 6.07) is 0. The Kier molecular flexibility index (Phi) is 2.85. The van der Waals surface area contributed by atoms with Gasteiger partial charge in [-0.1, -0.05) is 11.6 Å². The predicted octanol–water partition coefficient (Wildman–Crippen LogP) is 1.27. The summed E-state index contributed by atoms with van der Waals surface area (Å²) in [5.41, 5.74) is 0.697. The number of nitrogens with zero attached hydrogens (tertiary/aromatic N) is 3. The number of carbonyl (C=O) groups excluding carboxylic acids is 1. The fourth-order valence-electron chi connectivity index (χ4n) is 1.82. The van der Waals surface area contributed by atoms with E-state index in [4.69, 9.17) is 16.7 Å². The Hall–Kier alpha value is -1.37. The SMILES string of the molecule is O=C(C=Cc1c(Cl)nc2sccn12)N1CC(O)C1. The number of amides is 1. The Morgan fingerprint density at radius 1 is 1.61 bits per heavy atom. The first-order chi connectivity index (χ1) is 8.65. The molecule has 0 aliphatic carbocycles. The first-order valence-corrected chi connectivity index (χ1v) is 6.67. The third-order valence-electron chi connectivity index (χ3n) is 2.81. The normalized spacial score (nSPS) is 16.7. The maximum absolute atomic E-state index is 11.7. The summed E-state index contributed by atoms with van der Waals surface area (Å²) in [6.45, 7) is 0.800. The van der Waals surface area contributed by atoms with Crippen molar-refractivity contribution in [2.24, 2.45) is 0 Å². The summed E-state index contributed by atoms with van der Waals surface area (Å²) in [5, 5.41) is 11.4. The average Bonchev–Trinajstić information content (AvgIpc) is 2.83. The lowest BCUT2D eigenvalue weighted by Crippen LogP contribution is -2.52. The van der Waals surface area contributed by atoms with E-state index in [2.05, 4.69) is 4.98 Å². The Balaban J connectivity index is 1.81. The van der Waals surface area contributed by atoms with Gasteiger partial charge in [0, 0.05) is 30.7 Å². The highest BCUT2D eigenvalue weighted by Crippen LogP contribution is 2.22. The predicted molar refractivity (Wildman–Crippen MR) is 69.7 cm³/mol. The van der Waals surface area contributed by atoms with Crippen molar-refractivity contribution < 1.29 is 9.90 Å². The molecule has 1 N–H and O–H groups in total. The maximum atomic E-state index is 11.7. The summed E-state index contributed by atoms with van der Waals surface area (Å²) in [5.74, 6) is -0.124. The number of aliphatic hydroxyl groups excluding tert-OH is 1. The molecule has 0 radical (unpaired) electrons. The first-order valence-electron chi connectivity index (χ1n) is 5.41. The molecule has 1 fully saturated rings. The molecule has 1 aliphatic heterocycles. The number of aliphatic hydroxyl groups is 1. The Morgan fingerprint density at radius 3 is 3.11 bits per heavy atom. The van der Waals surface area contributed by atoms with Gasteiger partial charge in [-0.25, -0.2) is 4.98 Å². The molecule has 0 unspecified atom stereocenters. The molecule has 0 aromatic carbocycles. The van der Waals surface area contributed by atoms with E-state index in [1.54, 1.807) is 11.0 Å². The van der Waals surface area contributed by atoms with Crippen LogP contribution in [0.2, 0.25) is 5.15 Å². The van der Waals surface area contributed by atoms with Crippen molar-refractivity contribution in [2.45, 2.75) is 6.10 Å². The number of likely N-dealkylation sites (tertiary alicyclic amines) is 1. The molecule has 3 heterocycles. The second kappa shape index (κ2) is 4.38. The van der Waals surface area contributed by atoms with Gasteiger partial charge in [0.05, 0.1) is 11.8 Å². The van der Waals surface area contributed by atoms with Crippen LogP contribution in [0, 0.1) is 0 Å². The zero-order chi connectivity index (χ0) is 12.7. The standard InChI is InChI=1S/C11H10ClN3O2S/c12-10-8(15-3-4-18-11(15)13-10)1-2-9(17)14-5-7(16)6-14/h1-4,7,16H,5-6H2. The molecule has 2 aromatic heterocycles. The van der Waals surface area contributed by atoms with Gasteiger partial charge >= 0.3 is 0 Å². The van der Waals surface area contributed by atoms with Crippen LogP contribution in [0.25, 0.3) is 11.0 Å².